The molecule has 2 fully saturated rings. The maximum Gasteiger partial charge on any atom is 0.249 e. The number of anilines is 2. The Morgan fingerprint density at radius 1 is 1.15 bits per heavy atom. The Bertz CT molecular complexity index is 509. The van der Waals surface area contributed by atoms with Crippen molar-refractivity contribution in [3.05, 3.63) is 24.3 Å². The lowest BCUT2D eigenvalue weighted by Crippen LogP contribution is -2.36. The van der Waals surface area contributed by atoms with Crippen molar-refractivity contribution in [2.45, 2.75) is 12.5 Å². The lowest BCUT2D eigenvalue weighted by atomic mass is 10.2. The van der Waals surface area contributed by atoms with E-state index in [0.717, 1.165) is 37.7 Å². The van der Waals surface area contributed by atoms with E-state index in [-0.39, 0.29) is 18.2 Å². The third-order valence-electron chi connectivity index (χ3n) is 3.55. The fourth-order valence-corrected chi connectivity index (χ4v) is 2.46. The molecule has 0 spiro atoms. The number of hydrogen-bond acceptors (Lipinski definition) is 5. The molecule has 20 heavy (non-hydrogen) atoms. The average molecular weight is 275 g/mol. The first-order valence-electron chi connectivity index (χ1n) is 6.75. The van der Waals surface area contributed by atoms with Crippen molar-refractivity contribution in [1.29, 1.82) is 0 Å². The molecule has 2 heterocycles. The molecule has 0 saturated carbocycles. The van der Waals surface area contributed by atoms with Crippen LogP contribution in [0.1, 0.15) is 6.42 Å². The summed E-state index contributed by atoms with van der Waals surface area (Å²) in [5, 5.41) is 5.36. The van der Waals surface area contributed by atoms with Crippen LogP contribution in [-0.4, -0.2) is 44.2 Å². The van der Waals surface area contributed by atoms with E-state index in [1.165, 1.54) is 0 Å². The molecule has 3 rings (SSSR count). The molecular weight excluding hydrogens is 258 g/mol. The number of morpholine rings is 1. The second-order valence-electron chi connectivity index (χ2n) is 4.96. The molecule has 0 radical (unpaired) electrons. The highest BCUT2D eigenvalue weighted by Crippen LogP contribution is 2.20. The number of hydrogen-bond donors (Lipinski definition) is 2. The van der Waals surface area contributed by atoms with Gasteiger partial charge in [-0.25, -0.2) is 0 Å². The summed E-state index contributed by atoms with van der Waals surface area (Å²) in [5.74, 6) is -0.482. The number of nitrogens with one attached hydrogen (secondary N) is 2. The van der Waals surface area contributed by atoms with E-state index in [2.05, 4.69) is 15.5 Å². The molecule has 0 aliphatic carbocycles. The van der Waals surface area contributed by atoms with Crippen molar-refractivity contribution in [1.82, 2.24) is 5.32 Å². The van der Waals surface area contributed by atoms with Gasteiger partial charge in [0.15, 0.2) is 0 Å². The highest BCUT2D eigenvalue weighted by Gasteiger charge is 2.30. The summed E-state index contributed by atoms with van der Waals surface area (Å²) in [7, 11) is 0. The molecule has 2 amide bonds. The van der Waals surface area contributed by atoms with Gasteiger partial charge in [-0.1, -0.05) is 0 Å². The predicted molar refractivity (Wildman–Crippen MR) is 74.7 cm³/mol. The van der Waals surface area contributed by atoms with Crippen LogP contribution in [0.3, 0.4) is 0 Å². The summed E-state index contributed by atoms with van der Waals surface area (Å²) in [5.41, 5.74) is 1.99. The van der Waals surface area contributed by atoms with Gasteiger partial charge in [0, 0.05) is 24.5 Å². The van der Waals surface area contributed by atoms with Gasteiger partial charge in [-0.3, -0.25) is 14.9 Å². The van der Waals surface area contributed by atoms with E-state index < -0.39 is 6.04 Å². The van der Waals surface area contributed by atoms with Gasteiger partial charge < -0.3 is 15.0 Å². The summed E-state index contributed by atoms with van der Waals surface area (Å²) >= 11 is 0. The Labute approximate surface area is 117 Å². The number of nitrogens with zero attached hydrogens (tertiary/aromatic N) is 1. The quantitative estimate of drug-likeness (QED) is 0.779. The van der Waals surface area contributed by atoms with Crippen LogP contribution in [-0.2, 0) is 14.3 Å². The summed E-state index contributed by atoms with van der Waals surface area (Å²) < 4.78 is 5.33. The molecule has 6 heteroatoms. The van der Waals surface area contributed by atoms with Gasteiger partial charge >= 0.3 is 0 Å². The van der Waals surface area contributed by atoms with Gasteiger partial charge in [-0.2, -0.15) is 0 Å². The van der Waals surface area contributed by atoms with E-state index in [0.29, 0.717) is 0 Å². The largest absolute Gasteiger partial charge is 0.378 e. The normalized spacial score (nSPS) is 22.8. The predicted octanol–water partition coefficient (Wildman–Crippen LogP) is 0.350. The number of imide groups is 1. The van der Waals surface area contributed by atoms with E-state index in [1.807, 2.05) is 24.3 Å². The number of ether oxygens (including phenoxy) is 1. The maximum absolute atomic E-state index is 11.5. The minimum Gasteiger partial charge on any atom is -0.378 e. The third kappa shape index (κ3) is 2.75. The Kier molecular flexibility index (Phi) is 3.56. The molecule has 1 atom stereocenters. The highest BCUT2D eigenvalue weighted by molar-refractivity contribution is 6.06. The summed E-state index contributed by atoms with van der Waals surface area (Å²) in [6.45, 7) is 3.30. The summed E-state index contributed by atoms with van der Waals surface area (Å²) in [4.78, 5) is 24.9. The fourth-order valence-electron chi connectivity index (χ4n) is 2.46. The van der Waals surface area contributed by atoms with Gasteiger partial charge in [0.1, 0.15) is 6.04 Å². The minimum atomic E-state index is -0.461. The van der Waals surface area contributed by atoms with E-state index in [1.54, 1.807) is 0 Å². The van der Waals surface area contributed by atoms with E-state index in [9.17, 15) is 9.59 Å². The van der Waals surface area contributed by atoms with E-state index >= 15 is 0 Å². The number of amides is 2. The van der Waals surface area contributed by atoms with Crippen LogP contribution in [0.15, 0.2) is 24.3 Å². The summed E-state index contributed by atoms with van der Waals surface area (Å²) in [6, 6.07) is 7.43. The Morgan fingerprint density at radius 2 is 1.85 bits per heavy atom. The Morgan fingerprint density at radius 3 is 2.45 bits per heavy atom. The number of benzene rings is 1. The maximum atomic E-state index is 11.5. The molecule has 0 bridgehead atoms. The van der Waals surface area contributed by atoms with Crippen molar-refractivity contribution >= 4 is 23.2 Å². The van der Waals surface area contributed by atoms with Crippen molar-refractivity contribution in [3.8, 4) is 0 Å². The van der Waals surface area contributed by atoms with Gasteiger partial charge in [0.05, 0.1) is 19.6 Å². The molecule has 2 saturated heterocycles. The number of carbonyl (C=O) groups is 2. The van der Waals surface area contributed by atoms with Crippen LogP contribution < -0.4 is 15.5 Å². The Balaban J connectivity index is 1.64. The molecule has 6 nitrogen and oxygen atoms in total. The van der Waals surface area contributed by atoms with E-state index in [4.69, 9.17) is 4.74 Å². The second kappa shape index (κ2) is 5.50. The molecule has 1 aromatic carbocycles. The lowest BCUT2D eigenvalue weighted by molar-refractivity contribution is -0.124. The zero-order valence-corrected chi connectivity index (χ0v) is 11.1. The fraction of sp³-hybridized carbons (Fsp3) is 0.429. The Hall–Kier alpha value is -2.08. The van der Waals surface area contributed by atoms with Crippen LogP contribution >= 0.6 is 0 Å². The summed E-state index contributed by atoms with van der Waals surface area (Å²) in [6.07, 6.45) is 0.198. The molecule has 106 valence electrons. The molecule has 2 N–H and O–H groups in total. The monoisotopic (exact) mass is 275 g/mol. The van der Waals surface area contributed by atoms with Crippen LogP contribution in [0.2, 0.25) is 0 Å². The SMILES string of the molecule is O=C1C[C@H](Nc2ccc(N3CCOCC3)cc2)C(=O)N1. The van der Waals surface area contributed by atoms with Crippen molar-refractivity contribution in [2.75, 3.05) is 36.5 Å². The third-order valence-corrected chi connectivity index (χ3v) is 3.55. The first-order chi connectivity index (χ1) is 9.72. The minimum absolute atomic E-state index is 0.198. The average Bonchev–Trinajstić information content (AvgIpc) is 2.79. The molecular formula is C14H17N3O3. The number of rotatable bonds is 3. The van der Waals surface area contributed by atoms with Gasteiger partial charge in [0.25, 0.3) is 0 Å². The van der Waals surface area contributed by atoms with Gasteiger partial charge in [-0.05, 0) is 24.3 Å². The van der Waals surface area contributed by atoms with Gasteiger partial charge in [-0.15, -0.1) is 0 Å². The van der Waals surface area contributed by atoms with Gasteiger partial charge in [0.2, 0.25) is 11.8 Å². The molecule has 2 aliphatic rings. The lowest BCUT2D eigenvalue weighted by Gasteiger charge is -2.29. The van der Waals surface area contributed by atoms with Crippen LogP contribution in [0.5, 0.6) is 0 Å². The molecule has 2 aliphatic heterocycles. The highest BCUT2D eigenvalue weighted by atomic mass is 16.5. The van der Waals surface area contributed by atoms with Crippen LogP contribution in [0, 0.1) is 0 Å². The standard InChI is InChI=1S/C14H17N3O3/c18-13-9-12(14(19)16-13)15-10-1-3-11(4-2-10)17-5-7-20-8-6-17/h1-4,12,15H,5-9H2,(H,16,18,19)/t12-/m0/s1. The first kappa shape index (κ1) is 12.9. The molecule has 0 unspecified atom stereocenters. The second-order valence-corrected chi connectivity index (χ2v) is 4.96. The number of carbonyl (C=O) groups excluding carboxylic acids is 2. The first-order valence-corrected chi connectivity index (χ1v) is 6.75. The van der Waals surface area contributed by atoms with Crippen molar-refractivity contribution < 1.29 is 14.3 Å². The smallest absolute Gasteiger partial charge is 0.249 e. The van der Waals surface area contributed by atoms with Crippen LogP contribution in [0.25, 0.3) is 0 Å². The zero-order chi connectivity index (χ0) is 13.9. The molecule has 1 aromatic rings. The van der Waals surface area contributed by atoms with Crippen molar-refractivity contribution in [2.24, 2.45) is 0 Å². The van der Waals surface area contributed by atoms with Crippen molar-refractivity contribution in [3.63, 3.8) is 0 Å². The van der Waals surface area contributed by atoms with Crippen LogP contribution in [0.4, 0.5) is 11.4 Å². The zero-order valence-electron chi connectivity index (χ0n) is 11.1. The molecule has 0 aromatic heterocycles. The topological polar surface area (TPSA) is 70.7 Å².